The van der Waals surface area contributed by atoms with Gasteiger partial charge in [0.2, 0.25) is 0 Å². The minimum absolute atomic E-state index is 0.144. The summed E-state index contributed by atoms with van der Waals surface area (Å²) in [6.07, 6.45) is 2.30. The minimum atomic E-state index is 0.144. The highest BCUT2D eigenvalue weighted by atomic mass is 16.5. The van der Waals surface area contributed by atoms with Crippen LogP contribution in [0, 0.1) is 0 Å². The van der Waals surface area contributed by atoms with Gasteiger partial charge in [-0.1, -0.05) is 27.7 Å². The molecule has 2 rings (SSSR count). The maximum absolute atomic E-state index is 5.64. The minimum Gasteiger partial charge on any atom is -0.349 e. The lowest BCUT2D eigenvalue weighted by atomic mass is 10.1. The number of methoxy groups -OCH3 is 1. The first kappa shape index (κ1) is 17.2. The predicted molar refractivity (Wildman–Crippen MR) is 76.8 cm³/mol. The third kappa shape index (κ3) is 4.82. The topological polar surface area (TPSA) is 62.3 Å². The summed E-state index contributed by atoms with van der Waals surface area (Å²) in [6, 6.07) is 0.407. The van der Waals surface area contributed by atoms with E-state index in [0.717, 1.165) is 31.9 Å². The SMILES string of the molecule is CC.CC.COC1CC[N+]2=C(NC(CN)CC2)N1. The number of rotatable bonds is 2. The molecule has 0 bridgehead atoms. The van der Waals surface area contributed by atoms with E-state index in [-0.39, 0.29) is 6.23 Å². The number of guanidine groups is 1. The van der Waals surface area contributed by atoms with Gasteiger partial charge in [-0.2, -0.15) is 0 Å². The molecule has 0 aromatic heterocycles. The number of nitrogens with one attached hydrogen (secondary N) is 2. The first-order valence-corrected chi connectivity index (χ1v) is 7.21. The molecule has 0 aliphatic carbocycles. The van der Waals surface area contributed by atoms with Gasteiger partial charge in [0, 0.05) is 26.5 Å². The molecule has 0 saturated carbocycles. The molecule has 0 spiro atoms. The van der Waals surface area contributed by atoms with Crippen LogP contribution in [-0.2, 0) is 4.74 Å². The molecule has 5 heteroatoms. The van der Waals surface area contributed by atoms with Crippen molar-refractivity contribution < 1.29 is 9.31 Å². The van der Waals surface area contributed by atoms with E-state index in [4.69, 9.17) is 10.5 Å². The zero-order valence-corrected chi connectivity index (χ0v) is 12.6. The molecular formula is C13H31N4O+. The van der Waals surface area contributed by atoms with E-state index in [2.05, 4.69) is 15.2 Å². The van der Waals surface area contributed by atoms with E-state index >= 15 is 0 Å². The second-order valence-electron chi connectivity index (χ2n) is 3.86. The van der Waals surface area contributed by atoms with Gasteiger partial charge in [0.1, 0.15) is 0 Å². The van der Waals surface area contributed by atoms with Crippen molar-refractivity contribution in [3.63, 3.8) is 0 Å². The molecule has 4 N–H and O–H groups in total. The first-order valence-electron chi connectivity index (χ1n) is 7.21. The summed E-state index contributed by atoms with van der Waals surface area (Å²) >= 11 is 0. The lowest BCUT2D eigenvalue weighted by molar-refractivity contribution is -0.544. The second kappa shape index (κ2) is 10.1. The van der Waals surface area contributed by atoms with Crippen molar-refractivity contribution >= 4 is 5.96 Å². The number of ether oxygens (including phenoxy) is 1. The van der Waals surface area contributed by atoms with Crippen molar-refractivity contribution in [2.45, 2.75) is 52.8 Å². The monoisotopic (exact) mass is 259 g/mol. The maximum Gasteiger partial charge on any atom is 0.348 e. The van der Waals surface area contributed by atoms with Crippen LogP contribution < -0.4 is 16.4 Å². The predicted octanol–water partition coefficient (Wildman–Crippen LogP) is 0.694. The van der Waals surface area contributed by atoms with Crippen LogP contribution >= 0.6 is 0 Å². The molecule has 2 atom stereocenters. The Hall–Kier alpha value is -0.810. The molecule has 2 heterocycles. The van der Waals surface area contributed by atoms with Gasteiger partial charge in [-0.25, -0.2) is 0 Å². The van der Waals surface area contributed by atoms with Crippen molar-refractivity contribution in [3.05, 3.63) is 0 Å². The Morgan fingerprint density at radius 2 is 1.78 bits per heavy atom. The fourth-order valence-electron chi connectivity index (χ4n) is 1.99. The Balaban J connectivity index is 0.000000659. The van der Waals surface area contributed by atoms with E-state index < -0.39 is 0 Å². The molecule has 5 nitrogen and oxygen atoms in total. The van der Waals surface area contributed by atoms with Crippen molar-refractivity contribution in [1.82, 2.24) is 10.6 Å². The molecule has 0 fully saturated rings. The highest BCUT2D eigenvalue weighted by Crippen LogP contribution is 2.06. The van der Waals surface area contributed by atoms with Crippen LogP contribution in [0.1, 0.15) is 40.5 Å². The third-order valence-corrected chi connectivity index (χ3v) is 2.93. The van der Waals surface area contributed by atoms with E-state index in [9.17, 15) is 0 Å². The zero-order chi connectivity index (χ0) is 14.0. The molecule has 0 aromatic rings. The standard InChI is InChI=1S/C9H18N4O.2C2H6/c1-14-8-3-5-13-4-2-7(6-10)11-9(13)12-8;2*1-2/h7-8H,2-6,10H2,1H3,(H,11,12);2*1-2H3/p+1. The highest BCUT2D eigenvalue weighted by molar-refractivity contribution is 5.76. The van der Waals surface area contributed by atoms with Crippen LogP contribution in [-0.4, -0.2) is 49.5 Å². The Labute approximate surface area is 112 Å². The number of hydrogen-bond acceptors (Lipinski definition) is 4. The van der Waals surface area contributed by atoms with Gasteiger partial charge >= 0.3 is 5.96 Å². The first-order chi connectivity index (χ1) is 8.83. The summed E-state index contributed by atoms with van der Waals surface area (Å²) in [7, 11) is 1.73. The normalized spacial score (nSPS) is 25.4. The van der Waals surface area contributed by atoms with Gasteiger partial charge in [0.15, 0.2) is 6.23 Å². The fraction of sp³-hybridized carbons (Fsp3) is 0.923. The summed E-state index contributed by atoms with van der Waals surface area (Å²) in [5.41, 5.74) is 5.64. The van der Waals surface area contributed by atoms with Crippen molar-refractivity contribution in [2.24, 2.45) is 5.73 Å². The lowest BCUT2D eigenvalue weighted by Gasteiger charge is -2.30. The van der Waals surface area contributed by atoms with Gasteiger partial charge in [-0.3, -0.25) is 15.2 Å². The zero-order valence-electron chi connectivity index (χ0n) is 12.6. The third-order valence-electron chi connectivity index (χ3n) is 2.93. The Kier molecular flexibility index (Phi) is 9.69. The van der Waals surface area contributed by atoms with E-state index in [1.165, 1.54) is 0 Å². The smallest absolute Gasteiger partial charge is 0.348 e. The number of nitrogens with zero attached hydrogens (tertiary/aromatic N) is 1. The number of nitrogens with two attached hydrogens (primary N) is 1. The summed E-state index contributed by atoms with van der Waals surface area (Å²) in [6.45, 7) is 10.8. The molecule has 2 aliphatic rings. The molecule has 108 valence electrons. The lowest BCUT2D eigenvalue weighted by Crippen LogP contribution is -2.61. The van der Waals surface area contributed by atoms with Crippen LogP contribution in [0.15, 0.2) is 0 Å². The highest BCUT2D eigenvalue weighted by Gasteiger charge is 2.30. The molecule has 0 amide bonds. The van der Waals surface area contributed by atoms with Crippen LogP contribution in [0.3, 0.4) is 0 Å². The van der Waals surface area contributed by atoms with Crippen molar-refractivity contribution in [3.8, 4) is 0 Å². The average molecular weight is 259 g/mol. The summed E-state index contributed by atoms with van der Waals surface area (Å²) in [5, 5.41) is 6.72. The molecule has 0 aromatic carbocycles. The second-order valence-corrected chi connectivity index (χ2v) is 3.86. The summed E-state index contributed by atoms with van der Waals surface area (Å²) in [4.78, 5) is 0. The Morgan fingerprint density at radius 3 is 2.33 bits per heavy atom. The molecular weight excluding hydrogens is 228 g/mol. The summed E-state index contributed by atoms with van der Waals surface area (Å²) < 4.78 is 7.60. The van der Waals surface area contributed by atoms with Crippen molar-refractivity contribution in [2.75, 3.05) is 26.7 Å². The number of hydrogen-bond donors (Lipinski definition) is 3. The van der Waals surface area contributed by atoms with Gasteiger partial charge in [0.25, 0.3) is 0 Å². The Bertz CT molecular complexity index is 221. The molecule has 18 heavy (non-hydrogen) atoms. The molecule has 0 radical (unpaired) electrons. The van der Waals surface area contributed by atoms with Gasteiger partial charge in [-0.05, 0) is 0 Å². The van der Waals surface area contributed by atoms with Gasteiger partial charge in [-0.15, -0.1) is 0 Å². The molecule has 2 unspecified atom stereocenters. The average Bonchev–Trinajstić information content (AvgIpc) is 2.50. The van der Waals surface area contributed by atoms with Gasteiger partial charge in [0.05, 0.1) is 19.1 Å². The van der Waals surface area contributed by atoms with Crippen LogP contribution in [0.25, 0.3) is 0 Å². The largest absolute Gasteiger partial charge is 0.349 e. The van der Waals surface area contributed by atoms with Crippen molar-refractivity contribution in [1.29, 1.82) is 0 Å². The molecule has 2 aliphatic heterocycles. The van der Waals surface area contributed by atoms with Gasteiger partial charge < -0.3 is 10.5 Å². The Morgan fingerprint density at radius 1 is 1.17 bits per heavy atom. The fourth-order valence-corrected chi connectivity index (χ4v) is 1.99. The van der Waals surface area contributed by atoms with Crippen LogP contribution in [0.4, 0.5) is 0 Å². The molecule has 0 saturated heterocycles. The van der Waals surface area contributed by atoms with E-state index in [0.29, 0.717) is 12.6 Å². The van der Waals surface area contributed by atoms with Crippen LogP contribution in [0.2, 0.25) is 0 Å². The quantitative estimate of drug-likeness (QED) is 0.639. The van der Waals surface area contributed by atoms with E-state index in [1.807, 2.05) is 27.7 Å². The van der Waals surface area contributed by atoms with E-state index in [1.54, 1.807) is 7.11 Å². The summed E-state index contributed by atoms with van der Waals surface area (Å²) in [5.74, 6) is 1.09. The maximum atomic E-state index is 5.64. The van der Waals surface area contributed by atoms with Crippen LogP contribution in [0.5, 0.6) is 0 Å².